The molecular formula is C22H31N3O3. The Morgan fingerprint density at radius 3 is 2.61 bits per heavy atom. The van der Waals surface area contributed by atoms with E-state index in [1.807, 2.05) is 17.9 Å². The molecule has 6 nitrogen and oxygen atoms in total. The van der Waals surface area contributed by atoms with Crippen LogP contribution in [-0.2, 0) is 14.3 Å². The molecule has 0 aliphatic carbocycles. The van der Waals surface area contributed by atoms with Crippen LogP contribution in [0.3, 0.4) is 0 Å². The number of fused-ring (bicyclic) bond motifs is 1. The third-order valence-corrected chi connectivity index (χ3v) is 6.62. The standard InChI is InChI=1S/C22H31N3O3/c1-2-28-15-20(26)24-10-8-17(9-11-24)22(27)25-14-18-12-23-13-19(18)21(25)16-6-4-3-5-7-16/h3-7,17-19,21,23H,2,8-15H2,1H3/t18-,19-,21+/m0/s1. The summed E-state index contributed by atoms with van der Waals surface area (Å²) < 4.78 is 5.24. The average Bonchev–Trinajstić information content (AvgIpc) is 3.33. The summed E-state index contributed by atoms with van der Waals surface area (Å²) in [5, 5.41) is 3.50. The van der Waals surface area contributed by atoms with Gasteiger partial charge in [-0.25, -0.2) is 0 Å². The molecule has 0 unspecified atom stereocenters. The second-order valence-electron chi connectivity index (χ2n) is 8.22. The van der Waals surface area contributed by atoms with Crippen molar-refractivity contribution in [3.63, 3.8) is 0 Å². The van der Waals surface area contributed by atoms with E-state index < -0.39 is 0 Å². The molecule has 3 fully saturated rings. The fourth-order valence-corrected chi connectivity index (χ4v) is 5.12. The average molecular weight is 386 g/mol. The first-order valence-corrected chi connectivity index (χ1v) is 10.6. The largest absolute Gasteiger partial charge is 0.372 e. The molecule has 0 bridgehead atoms. The number of rotatable bonds is 5. The quantitative estimate of drug-likeness (QED) is 0.838. The van der Waals surface area contributed by atoms with Gasteiger partial charge in [-0.3, -0.25) is 9.59 Å². The number of benzene rings is 1. The third kappa shape index (κ3) is 3.80. The Morgan fingerprint density at radius 2 is 1.89 bits per heavy atom. The highest BCUT2D eigenvalue weighted by atomic mass is 16.5. The first-order chi connectivity index (χ1) is 13.7. The summed E-state index contributed by atoms with van der Waals surface area (Å²) in [4.78, 5) is 29.6. The van der Waals surface area contributed by atoms with Crippen LogP contribution < -0.4 is 5.32 Å². The number of ether oxygens (including phenoxy) is 1. The van der Waals surface area contributed by atoms with Crippen LogP contribution in [0, 0.1) is 17.8 Å². The molecule has 1 aromatic rings. The van der Waals surface area contributed by atoms with Crippen LogP contribution in [0.5, 0.6) is 0 Å². The van der Waals surface area contributed by atoms with Crippen molar-refractivity contribution >= 4 is 11.8 Å². The number of likely N-dealkylation sites (tertiary alicyclic amines) is 2. The molecule has 3 aliphatic heterocycles. The number of amides is 2. The maximum atomic E-state index is 13.4. The molecule has 3 aliphatic rings. The molecule has 1 N–H and O–H groups in total. The molecule has 6 heteroatoms. The zero-order chi connectivity index (χ0) is 19.5. The highest BCUT2D eigenvalue weighted by Gasteiger charge is 2.48. The predicted octanol–water partition coefficient (Wildman–Crippen LogP) is 1.68. The Labute approximate surface area is 167 Å². The van der Waals surface area contributed by atoms with E-state index in [4.69, 9.17) is 4.74 Å². The van der Waals surface area contributed by atoms with Gasteiger partial charge in [-0.1, -0.05) is 30.3 Å². The van der Waals surface area contributed by atoms with Crippen LogP contribution in [0.4, 0.5) is 0 Å². The van der Waals surface area contributed by atoms with Crippen LogP contribution in [0.25, 0.3) is 0 Å². The number of nitrogens with zero attached hydrogens (tertiary/aromatic N) is 2. The van der Waals surface area contributed by atoms with Crippen molar-refractivity contribution in [1.29, 1.82) is 0 Å². The maximum absolute atomic E-state index is 13.4. The van der Waals surface area contributed by atoms with Gasteiger partial charge < -0.3 is 19.9 Å². The first kappa shape index (κ1) is 19.4. The van der Waals surface area contributed by atoms with Crippen molar-refractivity contribution in [3.05, 3.63) is 35.9 Å². The summed E-state index contributed by atoms with van der Waals surface area (Å²) >= 11 is 0. The molecule has 3 atom stereocenters. The van der Waals surface area contributed by atoms with E-state index >= 15 is 0 Å². The molecule has 3 saturated heterocycles. The molecule has 2 amide bonds. The molecule has 28 heavy (non-hydrogen) atoms. The van der Waals surface area contributed by atoms with Crippen LogP contribution in [0.2, 0.25) is 0 Å². The van der Waals surface area contributed by atoms with E-state index in [1.165, 1.54) is 5.56 Å². The Kier molecular flexibility index (Phi) is 5.97. The Hall–Kier alpha value is -1.92. The summed E-state index contributed by atoms with van der Waals surface area (Å²) in [6, 6.07) is 10.6. The lowest BCUT2D eigenvalue weighted by molar-refractivity contribution is -0.143. The number of piperidine rings is 1. The van der Waals surface area contributed by atoms with E-state index in [-0.39, 0.29) is 30.4 Å². The van der Waals surface area contributed by atoms with Crippen molar-refractivity contribution in [2.75, 3.05) is 45.9 Å². The molecule has 0 aromatic heterocycles. The SMILES string of the molecule is CCOCC(=O)N1CCC(C(=O)N2C[C@@H]3CNC[C@@H]3[C@H]2c2ccccc2)CC1. The van der Waals surface area contributed by atoms with E-state index in [2.05, 4.69) is 34.5 Å². The van der Waals surface area contributed by atoms with E-state index in [0.29, 0.717) is 31.5 Å². The number of carbonyl (C=O) groups excluding carboxylic acids is 2. The van der Waals surface area contributed by atoms with Crippen molar-refractivity contribution < 1.29 is 14.3 Å². The van der Waals surface area contributed by atoms with Gasteiger partial charge in [0.05, 0.1) is 6.04 Å². The molecule has 152 valence electrons. The third-order valence-electron chi connectivity index (χ3n) is 6.62. The molecule has 0 saturated carbocycles. The van der Waals surface area contributed by atoms with E-state index in [0.717, 1.165) is 32.5 Å². The van der Waals surface area contributed by atoms with Gasteiger partial charge in [-0.05, 0) is 31.2 Å². The lowest BCUT2D eigenvalue weighted by Gasteiger charge is -2.36. The molecule has 3 heterocycles. The maximum Gasteiger partial charge on any atom is 0.248 e. The van der Waals surface area contributed by atoms with Gasteiger partial charge in [-0.15, -0.1) is 0 Å². The smallest absolute Gasteiger partial charge is 0.248 e. The number of carbonyl (C=O) groups is 2. The Balaban J connectivity index is 1.42. The zero-order valence-corrected chi connectivity index (χ0v) is 16.7. The Morgan fingerprint density at radius 1 is 1.14 bits per heavy atom. The van der Waals surface area contributed by atoms with Crippen LogP contribution in [0.1, 0.15) is 31.4 Å². The highest BCUT2D eigenvalue weighted by Crippen LogP contribution is 2.43. The summed E-state index contributed by atoms with van der Waals surface area (Å²) in [6.45, 7) is 6.73. The van der Waals surface area contributed by atoms with E-state index in [9.17, 15) is 9.59 Å². The topological polar surface area (TPSA) is 61.9 Å². The van der Waals surface area contributed by atoms with Gasteiger partial charge in [-0.2, -0.15) is 0 Å². The normalized spacial score (nSPS) is 27.8. The Bertz CT molecular complexity index is 688. The minimum atomic E-state index is 0.0224. The summed E-state index contributed by atoms with van der Waals surface area (Å²) in [7, 11) is 0. The van der Waals surface area contributed by atoms with Crippen molar-refractivity contribution in [2.45, 2.75) is 25.8 Å². The van der Waals surface area contributed by atoms with Gasteiger partial charge in [0.1, 0.15) is 6.61 Å². The summed E-state index contributed by atoms with van der Waals surface area (Å²) in [6.07, 6.45) is 1.50. The molecular weight excluding hydrogens is 354 g/mol. The lowest BCUT2D eigenvalue weighted by Crippen LogP contribution is -2.46. The minimum absolute atomic E-state index is 0.0224. The summed E-state index contributed by atoms with van der Waals surface area (Å²) in [5.41, 5.74) is 1.25. The van der Waals surface area contributed by atoms with Crippen molar-refractivity contribution in [1.82, 2.24) is 15.1 Å². The molecule has 0 radical (unpaired) electrons. The van der Waals surface area contributed by atoms with Crippen molar-refractivity contribution in [2.24, 2.45) is 17.8 Å². The van der Waals surface area contributed by atoms with Crippen molar-refractivity contribution in [3.8, 4) is 0 Å². The number of nitrogens with one attached hydrogen (secondary N) is 1. The van der Waals surface area contributed by atoms with Gasteiger partial charge in [0.15, 0.2) is 0 Å². The van der Waals surface area contributed by atoms with Crippen LogP contribution >= 0.6 is 0 Å². The van der Waals surface area contributed by atoms with Gasteiger partial charge in [0.25, 0.3) is 0 Å². The van der Waals surface area contributed by atoms with Gasteiger partial charge in [0.2, 0.25) is 11.8 Å². The number of hydrogen-bond donors (Lipinski definition) is 1. The monoisotopic (exact) mass is 385 g/mol. The highest BCUT2D eigenvalue weighted by molar-refractivity contribution is 5.81. The molecule has 4 rings (SSSR count). The second-order valence-corrected chi connectivity index (χ2v) is 8.22. The fraction of sp³-hybridized carbons (Fsp3) is 0.636. The lowest BCUT2D eigenvalue weighted by atomic mass is 9.89. The van der Waals surface area contributed by atoms with E-state index in [1.54, 1.807) is 0 Å². The predicted molar refractivity (Wildman–Crippen MR) is 107 cm³/mol. The number of hydrogen-bond acceptors (Lipinski definition) is 4. The van der Waals surface area contributed by atoms with Crippen LogP contribution in [0.15, 0.2) is 30.3 Å². The van der Waals surface area contributed by atoms with Crippen LogP contribution in [-0.4, -0.2) is 67.6 Å². The molecule has 0 spiro atoms. The summed E-state index contributed by atoms with van der Waals surface area (Å²) in [5.74, 6) is 1.38. The zero-order valence-electron chi connectivity index (χ0n) is 16.7. The fourth-order valence-electron chi connectivity index (χ4n) is 5.12. The first-order valence-electron chi connectivity index (χ1n) is 10.6. The second kappa shape index (κ2) is 8.62. The van der Waals surface area contributed by atoms with Gasteiger partial charge in [0, 0.05) is 51.2 Å². The van der Waals surface area contributed by atoms with Gasteiger partial charge >= 0.3 is 0 Å². The minimum Gasteiger partial charge on any atom is -0.372 e. The molecule has 1 aromatic carbocycles.